The number of aryl methyl sites for hydroxylation is 2. The van der Waals surface area contributed by atoms with E-state index in [9.17, 15) is 14.7 Å². The minimum absolute atomic E-state index is 0.0802. The Bertz CT molecular complexity index is 1980. The highest BCUT2D eigenvalue weighted by Crippen LogP contribution is 2.46. The molecule has 3 aromatic heterocycles. The summed E-state index contributed by atoms with van der Waals surface area (Å²) in [5.74, 6) is 0.132. The van der Waals surface area contributed by atoms with Crippen LogP contribution < -0.4 is 14.4 Å². The molecule has 2 aromatic carbocycles. The number of ether oxygens (including phenoxy) is 2. The molecule has 1 unspecified atom stereocenters. The van der Waals surface area contributed by atoms with E-state index in [1.165, 1.54) is 40.7 Å². The predicted octanol–water partition coefficient (Wildman–Crippen LogP) is 7.15. The molecular formula is C35H35N5O5S2. The number of imidazole rings is 1. The maximum atomic E-state index is 13.9. The van der Waals surface area contributed by atoms with Gasteiger partial charge in [0.25, 0.3) is 5.78 Å². The smallest absolute Gasteiger partial charge is 0.301 e. The third kappa shape index (κ3) is 6.48. The van der Waals surface area contributed by atoms with Crippen molar-refractivity contribution in [2.45, 2.75) is 50.3 Å². The average molecular weight is 670 g/mol. The van der Waals surface area contributed by atoms with Crippen molar-refractivity contribution >= 4 is 51.3 Å². The number of carbonyl (C=O) groups excluding carboxylic acids is 2. The zero-order valence-corrected chi connectivity index (χ0v) is 28.4. The summed E-state index contributed by atoms with van der Waals surface area (Å²) in [4.78, 5) is 33.6. The number of methoxy groups -OCH3 is 1. The van der Waals surface area contributed by atoms with E-state index in [2.05, 4.69) is 53.3 Å². The molecule has 0 spiro atoms. The number of aliphatic hydroxyl groups is 1. The number of aromatic nitrogens is 4. The molecule has 47 heavy (non-hydrogen) atoms. The number of nitrogens with zero attached hydrogens (tertiary/aromatic N) is 5. The molecule has 1 aliphatic rings. The number of benzene rings is 2. The van der Waals surface area contributed by atoms with Gasteiger partial charge in [-0.25, -0.2) is 4.98 Å². The van der Waals surface area contributed by atoms with E-state index >= 15 is 0 Å². The highest BCUT2D eigenvalue weighted by molar-refractivity contribution is 8.00. The lowest BCUT2D eigenvalue weighted by molar-refractivity contribution is -0.132. The van der Waals surface area contributed by atoms with Crippen molar-refractivity contribution in [3.63, 3.8) is 0 Å². The number of hydrogen-bond donors (Lipinski definition) is 1. The maximum Gasteiger partial charge on any atom is 0.301 e. The molecule has 1 aliphatic heterocycles. The quantitative estimate of drug-likeness (QED) is 0.0514. The van der Waals surface area contributed by atoms with Crippen LogP contribution in [0.1, 0.15) is 54.4 Å². The van der Waals surface area contributed by atoms with E-state index in [-0.39, 0.29) is 16.5 Å². The van der Waals surface area contributed by atoms with Crippen LogP contribution in [0.3, 0.4) is 0 Å². The van der Waals surface area contributed by atoms with Crippen LogP contribution in [0.2, 0.25) is 0 Å². The number of rotatable bonds is 11. The first-order valence-electron chi connectivity index (χ1n) is 15.2. The monoisotopic (exact) mass is 669 g/mol. The van der Waals surface area contributed by atoms with Gasteiger partial charge in [0.2, 0.25) is 5.13 Å². The van der Waals surface area contributed by atoms with Gasteiger partial charge in [0, 0.05) is 11.9 Å². The summed E-state index contributed by atoms with van der Waals surface area (Å²) in [6.07, 6.45) is 2.62. The summed E-state index contributed by atoms with van der Waals surface area (Å²) in [7, 11) is 1.54. The third-order valence-electron chi connectivity index (χ3n) is 7.91. The second-order valence-corrected chi connectivity index (χ2v) is 13.9. The third-order valence-corrected chi connectivity index (χ3v) is 10.0. The summed E-state index contributed by atoms with van der Waals surface area (Å²) in [6, 6.07) is 17.9. The molecule has 12 heteroatoms. The van der Waals surface area contributed by atoms with Gasteiger partial charge < -0.3 is 14.6 Å². The molecule has 242 valence electrons. The molecule has 1 fully saturated rings. The highest BCUT2D eigenvalue weighted by Gasteiger charge is 2.49. The van der Waals surface area contributed by atoms with Gasteiger partial charge in [0.05, 0.1) is 31.0 Å². The van der Waals surface area contributed by atoms with Gasteiger partial charge >= 0.3 is 5.91 Å². The minimum atomic E-state index is -1.02. The van der Waals surface area contributed by atoms with E-state index in [0.717, 1.165) is 12.0 Å². The van der Waals surface area contributed by atoms with Gasteiger partial charge in [-0.3, -0.25) is 18.9 Å². The average Bonchev–Trinajstić information content (AvgIpc) is 3.73. The Morgan fingerprint density at radius 3 is 2.57 bits per heavy atom. The van der Waals surface area contributed by atoms with Gasteiger partial charge in [-0.05, 0) is 61.6 Å². The molecule has 5 aromatic rings. The fourth-order valence-corrected chi connectivity index (χ4v) is 7.26. The molecule has 4 heterocycles. The van der Waals surface area contributed by atoms with Crippen LogP contribution in [-0.4, -0.2) is 50.1 Å². The summed E-state index contributed by atoms with van der Waals surface area (Å²) >= 11 is 2.71. The highest BCUT2D eigenvalue weighted by atomic mass is 32.2. The van der Waals surface area contributed by atoms with Crippen LogP contribution in [-0.2, 0) is 15.3 Å². The number of carbonyl (C=O) groups is 2. The zero-order chi connectivity index (χ0) is 33.2. The molecule has 1 N–H and O–H groups in total. The van der Waals surface area contributed by atoms with Gasteiger partial charge in [-0.1, -0.05) is 78.9 Å². The fraction of sp³-hybridized carbons (Fsp3) is 0.286. The van der Waals surface area contributed by atoms with Gasteiger partial charge in [0.1, 0.15) is 11.3 Å². The molecule has 0 bridgehead atoms. The Hall–Kier alpha value is -4.68. The van der Waals surface area contributed by atoms with Crippen molar-refractivity contribution in [2.75, 3.05) is 18.6 Å². The van der Waals surface area contributed by atoms with E-state index in [0.29, 0.717) is 56.7 Å². The number of thioether (sulfide) groups is 1. The number of amides is 1. The maximum absolute atomic E-state index is 13.9. The first-order valence-corrected chi connectivity index (χ1v) is 17.0. The molecule has 1 atom stereocenters. The number of aliphatic hydroxyl groups excluding tert-OH is 1. The van der Waals surface area contributed by atoms with Crippen LogP contribution in [0.4, 0.5) is 5.13 Å². The number of hydrogen-bond acceptors (Lipinski definition) is 10. The van der Waals surface area contributed by atoms with Crippen molar-refractivity contribution in [1.29, 1.82) is 0 Å². The van der Waals surface area contributed by atoms with Crippen LogP contribution in [0.5, 0.6) is 11.5 Å². The second kappa shape index (κ2) is 13.6. The first-order chi connectivity index (χ1) is 22.7. The van der Waals surface area contributed by atoms with E-state index in [1.807, 2.05) is 13.0 Å². The van der Waals surface area contributed by atoms with Crippen molar-refractivity contribution in [3.8, 4) is 11.5 Å². The number of pyridine rings is 1. The minimum Gasteiger partial charge on any atom is -0.505 e. The summed E-state index contributed by atoms with van der Waals surface area (Å²) in [5, 5.41) is 20.8. The Labute approximate surface area is 281 Å². The lowest BCUT2D eigenvalue weighted by Gasteiger charge is -2.23. The van der Waals surface area contributed by atoms with Crippen LogP contribution in [0.15, 0.2) is 76.8 Å². The second-order valence-electron chi connectivity index (χ2n) is 11.7. The largest absolute Gasteiger partial charge is 0.505 e. The fourth-order valence-electron chi connectivity index (χ4n) is 5.44. The van der Waals surface area contributed by atoms with Crippen molar-refractivity contribution < 1.29 is 24.2 Å². The van der Waals surface area contributed by atoms with E-state index in [1.54, 1.807) is 47.9 Å². The van der Waals surface area contributed by atoms with Crippen molar-refractivity contribution in [1.82, 2.24) is 19.6 Å². The van der Waals surface area contributed by atoms with Gasteiger partial charge in [0.15, 0.2) is 21.6 Å². The predicted molar refractivity (Wildman–Crippen MR) is 183 cm³/mol. The van der Waals surface area contributed by atoms with Crippen molar-refractivity contribution in [3.05, 3.63) is 101 Å². The van der Waals surface area contributed by atoms with Crippen molar-refractivity contribution in [2.24, 2.45) is 5.92 Å². The van der Waals surface area contributed by atoms with Gasteiger partial charge in [-0.2, -0.15) is 0 Å². The summed E-state index contributed by atoms with van der Waals surface area (Å²) in [6.45, 7) is 8.55. The Balaban J connectivity index is 1.43. The molecular weight excluding hydrogens is 635 g/mol. The van der Waals surface area contributed by atoms with E-state index < -0.39 is 17.7 Å². The Morgan fingerprint density at radius 2 is 1.83 bits per heavy atom. The molecule has 6 rings (SSSR count). The molecule has 1 saturated heterocycles. The zero-order valence-electron chi connectivity index (χ0n) is 26.8. The number of Topliss-reactive ketones (excluding diaryl/α,β-unsaturated/α-hetero) is 1. The van der Waals surface area contributed by atoms with E-state index in [4.69, 9.17) is 9.47 Å². The molecule has 0 saturated carbocycles. The van der Waals surface area contributed by atoms with Gasteiger partial charge in [-0.15, -0.1) is 10.2 Å². The topological polar surface area (TPSA) is 119 Å². The Morgan fingerprint density at radius 1 is 1.04 bits per heavy atom. The Kier molecular flexibility index (Phi) is 9.33. The normalized spacial score (nSPS) is 16.0. The van der Waals surface area contributed by atoms with Crippen LogP contribution in [0.25, 0.3) is 11.4 Å². The lowest BCUT2D eigenvalue weighted by Crippen LogP contribution is -2.29. The lowest BCUT2D eigenvalue weighted by atomic mass is 9.96. The SMILES string of the molecule is COc1cc(C2/C(=C(\O)c3c(C)nc4ccccn34)C(=O)C(=O)N2c2nnc(SCc3ccc(C)cc3)s2)ccc1OCCC(C)C. The van der Waals surface area contributed by atoms with Crippen LogP contribution >= 0.6 is 23.1 Å². The number of fused-ring (bicyclic) bond motifs is 1. The van der Waals surface area contributed by atoms with Crippen LogP contribution in [0, 0.1) is 19.8 Å². The summed E-state index contributed by atoms with van der Waals surface area (Å²) < 4.78 is 14.0. The number of anilines is 1. The molecule has 10 nitrogen and oxygen atoms in total. The standard InChI is InChI=1S/C35H35N5O5S2/c1-20(2)15-17-45-25-14-13-24(18-26(25)44-5)30-28(31(41)29-22(4)36-27-8-6-7-16-39(27)29)32(42)33(43)40(30)34-37-38-35(47-34)46-19-23-11-9-21(3)10-12-23/h6-14,16,18,20,30,41H,15,17,19H2,1-5H3/b31-28+. The molecule has 0 aliphatic carbocycles. The first kappa shape index (κ1) is 32.3. The number of ketones is 1. The molecule has 0 radical (unpaired) electrons. The molecule has 1 amide bonds. The summed E-state index contributed by atoms with van der Waals surface area (Å²) in [5.41, 5.74) is 4.20.